The van der Waals surface area contributed by atoms with Gasteiger partial charge in [-0.3, -0.25) is 0 Å². The van der Waals surface area contributed by atoms with E-state index < -0.39 is 16.8 Å². The molecule has 0 aliphatic carbocycles. The lowest BCUT2D eigenvalue weighted by molar-refractivity contribution is 0.274. The summed E-state index contributed by atoms with van der Waals surface area (Å²) < 4.78 is 23.0. The molecule has 0 aliphatic heterocycles. The number of rotatable bonds is 10. The van der Waals surface area contributed by atoms with Crippen LogP contribution in [0.1, 0.15) is 27.7 Å². The highest BCUT2D eigenvalue weighted by Gasteiger charge is 2.23. The summed E-state index contributed by atoms with van der Waals surface area (Å²) in [5.41, 5.74) is 0. The minimum atomic E-state index is -1.07. The van der Waals surface area contributed by atoms with Crippen LogP contribution >= 0.6 is 16.8 Å². The SMILES string of the molecule is CCOP(OCC)c1ccccc1P(OCC)OCC. The van der Waals surface area contributed by atoms with Gasteiger partial charge in [0.25, 0.3) is 0 Å². The Bertz CT molecular complexity index is 329. The van der Waals surface area contributed by atoms with Crippen molar-refractivity contribution in [1.82, 2.24) is 0 Å². The van der Waals surface area contributed by atoms with E-state index in [0.717, 1.165) is 10.6 Å². The Morgan fingerprint density at radius 2 is 0.950 bits per heavy atom. The van der Waals surface area contributed by atoms with Crippen molar-refractivity contribution in [2.24, 2.45) is 0 Å². The fraction of sp³-hybridized carbons (Fsp3) is 0.571. The first-order valence-corrected chi connectivity index (χ1v) is 9.34. The minimum Gasteiger partial charge on any atom is -0.331 e. The molecule has 0 heterocycles. The molecule has 0 spiro atoms. The highest BCUT2D eigenvalue weighted by atomic mass is 31.2. The van der Waals surface area contributed by atoms with Gasteiger partial charge in [-0.15, -0.1) is 0 Å². The first-order valence-electron chi connectivity index (χ1n) is 6.99. The van der Waals surface area contributed by atoms with Gasteiger partial charge in [-0.25, -0.2) is 0 Å². The third-order valence-corrected chi connectivity index (χ3v) is 5.97. The zero-order valence-corrected chi connectivity index (χ0v) is 14.5. The van der Waals surface area contributed by atoms with Crippen LogP contribution in [0.25, 0.3) is 0 Å². The van der Waals surface area contributed by atoms with Crippen LogP contribution in [0.3, 0.4) is 0 Å². The summed E-state index contributed by atoms with van der Waals surface area (Å²) in [6, 6.07) is 8.08. The molecule has 0 bridgehead atoms. The van der Waals surface area contributed by atoms with Crippen molar-refractivity contribution in [2.45, 2.75) is 27.7 Å². The number of hydrogen-bond donors (Lipinski definition) is 0. The van der Waals surface area contributed by atoms with Gasteiger partial charge in [-0.1, -0.05) is 12.1 Å². The Morgan fingerprint density at radius 3 is 1.20 bits per heavy atom. The molecule has 6 heteroatoms. The molecule has 20 heavy (non-hydrogen) atoms. The quantitative estimate of drug-likeness (QED) is 0.616. The van der Waals surface area contributed by atoms with Crippen molar-refractivity contribution in [3.05, 3.63) is 24.3 Å². The molecule has 0 aromatic heterocycles. The maximum Gasteiger partial charge on any atom is 0.205 e. The second-order valence-corrected chi connectivity index (χ2v) is 6.70. The van der Waals surface area contributed by atoms with Crippen molar-refractivity contribution in [3.63, 3.8) is 0 Å². The Hall–Kier alpha value is -0.0800. The third-order valence-electron chi connectivity index (χ3n) is 2.26. The van der Waals surface area contributed by atoms with Crippen LogP contribution in [0.15, 0.2) is 24.3 Å². The van der Waals surface area contributed by atoms with Crippen LogP contribution in [0.2, 0.25) is 0 Å². The Kier molecular flexibility index (Phi) is 9.54. The summed E-state index contributed by atoms with van der Waals surface area (Å²) in [5, 5.41) is 2.11. The maximum atomic E-state index is 5.76. The van der Waals surface area contributed by atoms with E-state index in [1.165, 1.54) is 0 Å². The minimum absolute atomic E-state index is 0.626. The average Bonchev–Trinajstić information content (AvgIpc) is 2.47. The predicted octanol–water partition coefficient (Wildman–Crippen LogP) is 3.71. The van der Waals surface area contributed by atoms with Crippen LogP contribution in [-0.2, 0) is 18.1 Å². The molecule has 0 N–H and O–H groups in total. The van der Waals surface area contributed by atoms with E-state index in [4.69, 9.17) is 18.1 Å². The summed E-state index contributed by atoms with van der Waals surface area (Å²) >= 11 is 0. The number of hydrogen-bond acceptors (Lipinski definition) is 4. The van der Waals surface area contributed by atoms with Crippen LogP contribution in [0, 0.1) is 0 Å². The first kappa shape index (κ1) is 18.0. The van der Waals surface area contributed by atoms with E-state index in [9.17, 15) is 0 Å². The summed E-state index contributed by atoms with van der Waals surface area (Å²) in [7, 11) is -2.15. The molecule has 1 aromatic rings. The van der Waals surface area contributed by atoms with E-state index in [1.807, 2.05) is 52.0 Å². The van der Waals surface area contributed by atoms with Crippen LogP contribution < -0.4 is 10.6 Å². The molecule has 0 aliphatic rings. The molecule has 1 aromatic carbocycles. The van der Waals surface area contributed by atoms with Crippen LogP contribution in [0.4, 0.5) is 0 Å². The van der Waals surface area contributed by atoms with E-state index >= 15 is 0 Å². The van der Waals surface area contributed by atoms with Crippen molar-refractivity contribution in [2.75, 3.05) is 26.4 Å². The monoisotopic (exact) mass is 318 g/mol. The summed E-state index contributed by atoms with van der Waals surface area (Å²) in [6.07, 6.45) is 0. The van der Waals surface area contributed by atoms with Gasteiger partial charge >= 0.3 is 0 Å². The lowest BCUT2D eigenvalue weighted by Gasteiger charge is -2.23. The summed E-state index contributed by atoms with van der Waals surface area (Å²) in [5.74, 6) is 0. The molecule has 4 nitrogen and oxygen atoms in total. The van der Waals surface area contributed by atoms with E-state index in [0.29, 0.717) is 26.4 Å². The summed E-state index contributed by atoms with van der Waals surface area (Å²) in [4.78, 5) is 0. The van der Waals surface area contributed by atoms with Gasteiger partial charge in [0, 0.05) is 10.6 Å². The van der Waals surface area contributed by atoms with Gasteiger partial charge in [-0.05, 0) is 39.8 Å². The van der Waals surface area contributed by atoms with Crippen LogP contribution in [0.5, 0.6) is 0 Å². The van der Waals surface area contributed by atoms with Gasteiger partial charge in [0.1, 0.15) is 0 Å². The zero-order chi connectivity index (χ0) is 14.8. The number of benzene rings is 1. The molecule has 114 valence electrons. The molecule has 0 amide bonds. The lowest BCUT2D eigenvalue weighted by Crippen LogP contribution is -2.24. The van der Waals surface area contributed by atoms with E-state index in [2.05, 4.69) is 0 Å². The standard InChI is InChI=1S/C14H24O4P2/c1-5-15-19(16-6-2)13-11-9-10-12-14(13)20(17-7-3)18-8-4/h9-12H,5-8H2,1-4H3. The van der Waals surface area contributed by atoms with Crippen molar-refractivity contribution in [1.29, 1.82) is 0 Å². The van der Waals surface area contributed by atoms with Gasteiger partial charge in [0.2, 0.25) is 16.8 Å². The Balaban J connectivity index is 3.04. The molecule has 0 unspecified atom stereocenters. The normalized spacial score (nSPS) is 11.5. The largest absolute Gasteiger partial charge is 0.331 e. The second-order valence-electron chi connectivity index (χ2n) is 3.67. The average molecular weight is 318 g/mol. The molecule has 1 rings (SSSR count). The third kappa shape index (κ3) is 5.37. The van der Waals surface area contributed by atoms with Gasteiger partial charge in [-0.2, -0.15) is 0 Å². The molecular formula is C14H24O4P2. The maximum absolute atomic E-state index is 5.76. The zero-order valence-electron chi connectivity index (χ0n) is 12.7. The van der Waals surface area contributed by atoms with Crippen LogP contribution in [-0.4, -0.2) is 26.4 Å². The molecular weight excluding hydrogens is 294 g/mol. The summed E-state index contributed by atoms with van der Waals surface area (Å²) in [6.45, 7) is 10.4. The van der Waals surface area contributed by atoms with E-state index in [1.54, 1.807) is 0 Å². The molecule has 0 fully saturated rings. The second kappa shape index (κ2) is 10.6. The topological polar surface area (TPSA) is 36.9 Å². The van der Waals surface area contributed by atoms with E-state index in [-0.39, 0.29) is 0 Å². The smallest absolute Gasteiger partial charge is 0.205 e. The first-order chi connectivity index (χ1) is 9.78. The fourth-order valence-electron chi connectivity index (χ4n) is 1.59. The van der Waals surface area contributed by atoms with Gasteiger partial charge < -0.3 is 18.1 Å². The molecule has 0 saturated carbocycles. The fourth-order valence-corrected chi connectivity index (χ4v) is 4.67. The molecule has 0 radical (unpaired) electrons. The van der Waals surface area contributed by atoms with Crippen molar-refractivity contribution < 1.29 is 18.1 Å². The highest BCUT2D eigenvalue weighted by Crippen LogP contribution is 2.42. The van der Waals surface area contributed by atoms with Crippen molar-refractivity contribution in [3.8, 4) is 0 Å². The Labute approximate surface area is 124 Å². The Morgan fingerprint density at radius 1 is 0.650 bits per heavy atom. The van der Waals surface area contributed by atoms with Crippen molar-refractivity contribution >= 4 is 27.4 Å². The predicted molar refractivity (Wildman–Crippen MR) is 86.1 cm³/mol. The lowest BCUT2D eigenvalue weighted by atomic mass is 10.4. The van der Waals surface area contributed by atoms with Gasteiger partial charge in [0.15, 0.2) is 0 Å². The van der Waals surface area contributed by atoms with Gasteiger partial charge in [0.05, 0.1) is 26.4 Å². The molecule has 0 atom stereocenters. The highest BCUT2D eigenvalue weighted by molar-refractivity contribution is 7.62. The molecule has 0 saturated heterocycles.